The number of hydrogen-bond donors (Lipinski definition) is 1. The van der Waals surface area contributed by atoms with Crippen LogP contribution in [0.3, 0.4) is 0 Å². The standard InChI is InChI=1S/C20H16ClN3O2S/c1-26-15-7-4-6-13(9-15)17-11-24-18(12-27-20(24)23-17)19(25)22-10-14-5-2-3-8-16(14)21/h2-9,11-12H,10H2,1H3,(H,22,25). The van der Waals surface area contributed by atoms with Crippen molar-refractivity contribution in [1.29, 1.82) is 0 Å². The molecule has 0 aliphatic carbocycles. The number of nitrogens with zero attached hydrogens (tertiary/aromatic N) is 2. The van der Waals surface area contributed by atoms with E-state index in [0.717, 1.165) is 27.5 Å². The van der Waals surface area contributed by atoms with Gasteiger partial charge in [-0.2, -0.15) is 0 Å². The fourth-order valence-corrected chi connectivity index (χ4v) is 3.83. The van der Waals surface area contributed by atoms with Gasteiger partial charge in [-0.1, -0.05) is 41.9 Å². The largest absolute Gasteiger partial charge is 0.497 e. The highest BCUT2D eigenvalue weighted by Gasteiger charge is 2.15. The third-order valence-electron chi connectivity index (χ3n) is 4.20. The minimum atomic E-state index is -0.171. The fourth-order valence-electron chi connectivity index (χ4n) is 2.78. The van der Waals surface area contributed by atoms with E-state index in [4.69, 9.17) is 16.3 Å². The summed E-state index contributed by atoms with van der Waals surface area (Å²) < 4.78 is 7.08. The van der Waals surface area contributed by atoms with Crippen molar-refractivity contribution < 1.29 is 9.53 Å². The van der Waals surface area contributed by atoms with E-state index in [9.17, 15) is 4.79 Å². The van der Waals surface area contributed by atoms with Crippen molar-refractivity contribution in [3.8, 4) is 17.0 Å². The zero-order valence-electron chi connectivity index (χ0n) is 14.5. The van der Waals surface area contributed by atoms with Crippen molar-refractivity contribution in [3.63, 3.8) is 0 Å². The smallest absolute Gasteiger partial charge is 0.269 e. The summed E-state index contributed by atoms with van der Waals surface area (Å²) in [6.07, 6.45) is 1.87. The molecule has 1 N–H and O–H groups in total. The van der Waals surface area contributed by atoms with Gasteiger partial charge in [-0.3, -0.25) is 9.20 Å². The number of fused-ring (bicyclic) bond motifs is 1. The molecule has 1 amide bonds. The maximum Gasteiger partial charge on any atom is 0.269 e. The van der Waals surface area contributed by atoms with E-state index in [2.05, 4.69) is 10.3 Å². The molecule has 0 bridgehead atoms. The Hall–Kier alpha value is -2.83. The molecule has 0 aliphatic rings. The second-order valence-corrected chi connectivity index (χ2v) is 7.15. The van der Waals surface area contributed by atoms with Gasteiger partial charge in [-0.25, -0.2) is 4.98 Å². The lowest BCUT2D eigenvalue weighted by atomic mass is 10.1. The number of carbonyl (C=O) groups is 1. The van der Waals surface area contributed by atoms with Crippen LogP contribution in [0.5, 0.6) is 5.75 Å². The van der Waals surface area contributed by atoms with E-state index in [1.54, 1.807) is 16.9 Å². The normalized spacial score (nSPS) is 10.9. The van der Waals surface area contributed by atoms with Gasteiger partial charge in [0.1, 0.15) is 11.4 Å². The first kappa shape index (κ1) is 17.6. The van der Waals surface area contributed by atoms with E-state index in [1.165, 1.54) is 11.3 Å². The molecule has 2 aromatic carbocycles. The van der Waals surface area contributed by atoms with Crippen LogP contribution in [0, 0.1) is 0 Å². The SMILES string of the molecule is COc1cccc(-c2cn3c(C(=O)NCc4ccccc4Cl)csc3n2)c1. The van der Waals surface area contributed by atoms with Crippen LogP contribution in [0.25, 0.3) is 16.2 Å². The van der Waals surface area contributed by atoms with Crippen molar-refractivity contribution >= 4 is 33.8 Å². The molecule has 0 saturated carbocycles. The Bertz CT molecular complexity index is 1120. The average molecular weight is 398 g/mol. The van der Waals surface area contributed by atoms with Gasteiger partial charge in [0.2, 0.25) is 0 Å². The van der Waals surface area contributed by atoms with Crippen LogP contribution >= 0.6 is 22.9 Å². The molecule has 2 aromatic heterocycles. The molecule has 27 heavy (non-hydrogen) atoms. The Morgan fingerprint density at radius 2 is 2.11 bits per heavy atom. The van der Waals surface area contributed by atoms with E-state index in [1.807, 2.05) is 54.7 Å². The summed E-state index contributed by atoms with van der Waals surface area (Å²) in [4.78, 5) is 18.0. The molecule has 2 heterocycles. The summed E-state index contributed by atoms with van der Waals surface area (Å²) >= 11 is 7.58. The summed E-state index contributed by atoms with van der Waals surface area (Å²) in [6, 6.07) is 15.1. The second kappa shape index (κ2) is 7.42. The molecule has 0 fully saturated rings. The fraction of sp³-hybridized carbons (Fsp3) is 0.100. The summed E-state index contributed by atoms with van der Waals surface area (Å²) in [5.41, 5.74) is 3.15. The second-order valence-electron chi connectivity index (χ2n) is 5.91. The van der Waals surface area contributed by atoms with Crippen LogP contribution in [0.15, 0.2) is 60.1 Å². The maximum absolute atomic E-state index is 12.6. The molecule has 0 aliphatic heterocycles. The number of ether oxygens (including phenoxy) is 1. The number of amides is 1. The highest BCUT2D eigenvalue weighted by atomic mass is 35.5. The molecule has 0 saturated heterocycles. The Labute approximate surface area is 165 Å². The third-order valence-corrected chi connectivity index (χ3v) is 5.41. The monoisotopic (exact) mass is 397 g/mol. The van der Waals surface area contributed by atoms with Gasteiger partial charge < -0.3 is 10.1 Å². The quantitative estimate of drug-likeness (QED) is 0.533. The molecule has 4 aromatic rings. The molecule has 7 heteroatoms. The van der Waals surface area contributed by atoms with Gasteiger partial charge in [-0.15, -0.1) is 11.3 Å². The van der Waals surface area contributed by atoms with Gasteiger partial charge in [0.05, 0.1) is 12.8 Å². The van der Waals surface area contributed by atoms with Crippen molar-refractivity contribution in [2.45, 2.75) is 6.54 Å². The molecule has 0 unspecified atom stereocenters. The number of imidazole rings is 1. The van der Waals surface area contributed by atoms with E-state index >= 15 is 0 Å². The Kier molecular flexibility index (Phi) is 4.83. The number of aromatic nitrogens is 2. The van der Waals surface area contributed by atoms with Gasteiger partial charge in [-0.05, 0) is 23.8 Å². The first-order valence-corrected chi connectivity index (χ1v) is 9.54. The van der Waals surface area contributed by atoms with Gasteiger partial charge in [0, 0.05) is 28.7 Å². The lowest BCUT2D eigenvalue weighted by molar-refractivity contribution is 0.0945. The predicted octanol–water partition coefficient (Wildman–Crippen LogP) is 4.65. The molecule has 4 rings (SSSR count). The molecule has 0 atom stereocenters. The molecular formula is C20H16ClN3O2S. The summed E-state index contributed by atoms with van der Waals surface area (Å²) in [7, 11) is 1.63. The first-order valence-electron chi connectivity index (χ1n) is 8.28. The maximum atomic E-state index is 12.6. The van der Waals surface area contributed by atoms with Crippen molar-refractivity contribution in [1.82, 2.24) is 14.7 Å². The minimum absolute atomic E-state index is 0.171. The highest BCUT2D eigenvalue weighted by Crippen LogP contribution is 2.26. The lowest BCUT2D eigenvalue weighted by Crippen LogP contribution is -2.24. The van der Waals surface area contributed by atoms with Crippen LogP contribution in [-0.2, 0) is 6.54 Å². The molecular weight excluding hydrogens is 382 g/mol. The van der Waals surface area contributed by atoms with Crippen LogP contribution in [0.1, 0.15) is 16.1 Å². The average Bonchev–Trinajstić information content (AvgIpc) is 3.28. The Morgan fingerprint density at radius 1 is 1.26 bits per heavy atom. The molecule has 0 spiro atoms. The van der Waals surface area contributed by atoms with Gasteiger partial charge >= 0.3 is 0 Å². The Balaban J connectivity index is 1.58. The van der Waals surface area contributed by atoms with Crippen LogP contribution in [0.4, 0.5) is 0 Å². The number of thiazole rings is 1. The zero-order valence-corrected chi connectivity index (χ0v) is 16.1. The van der Waals surface area contributed by atoms with E-state index in [-0.39, 0.29) is 5.91 Å². The minimum Gasteiger partial charge on any atom is -0.497 e. The number of benzene rings is 2. The van der Waals surface area contributed by atoms with Crippen LogP contribution < -0.4 is 10.1 Å². The number of carbonyl (C=O) groups excluding carboxylic acids is 1. The predicted molar refractivity (Wildman–Crippen MR) is 108 cm³/mol. The van der Waals surface area contributed by atoms with Crippen molar-refractivity contribution in [2.24, 2.45) is 0 Å². The van der Waals surface area contributed by atoms with E-state index in [0.29, 0.717) is 17.3 Å². The number of methoxy groups -OCH3 is 1. The number of halogens is 1. The van der Waals surface area contributed by atoms with Gasteiger partial charge in [0.15, 0.2) is 4.96 Å². The zero-order chi connectivity index (χ0) is 18.8. The summed E-state index contributed by atoms with van der Waals surface area (Å²) in [5, 5.41) is 5.36. The summed E-state index contributed by atoms with van der Waals surface area (Å²) in [6.45, 7) is 0.368. The van der Waals surface area contributed by atoms with Crippen molar-refractivity contribution in [2.75, 3.05) is 7.11 Å². The third kappa shape index (κ3) is 3.54. The number of rotatable bonds is 5. The lowest BCUT2D eigenvalue weighted by Gasteiger charge is -2.06. The van der Waals surface area contributed by atoms with Crippen LogP contribution in [0.2, 0.25) is 5.02 Å². The number of hydrogen-bond acceptors (Lipinski definition) is 4. The summed E-state index contributed by atoms with van der Waals surface area (Å²) in [5.74, 6) is 0.595. The van der Waals surface area contributed by atoms with Gasteiger partial charge in [0.25, 0.3) is 5.91 Å². The first-order chi connectivity index (χ1) is 13.2. The van der Waals surface area contributed by atoms with Crippen LogP contribution in [-0.4, -0.2) is 22.4 Å². The van der Waals surface area contributed by atoms with Crippen molar-refractivity contribution in [3.05, 3.63) is 76.4 Å². The Morgan fingerprint density at radius 3 is 2.93 bits per heavy atom. The molecule has 0 radical (unpaired) electrons. The number of nitrogens with one attached hydrogen (secondary N) is 1. The molecule has 136 valence electrons. The topological polar surface area (TPSA) is 55.6 Å². The highest BCUT2D eigenvalue weighted by molar-refractivity contribution is 7.15. The van der Waals surface area contributed by atoms with E-state index < -0.39 is 0 Å². The molecule has 5 nitrogen and oxygen atoms in total.